The van der Waals surface area contributed by atoms with E-state index in [0.717, 1.165) is 0 Å². The maximum Gasteiger partial charge on any atom is 1.00 e. The molecule has 0 fully saturated rings. The Labute approximate surface area is 119 Å². The molecule has 0 bridgehead atoms. The quantitative estimate of drug-likeness (QED) is 0.524. The Bertz CT molecular complexity index is 143. The van der Waals surface area contributed by atoms with Crippen molar-refractivity contribution in [2.75, 3.05) is 0 Å². The predicted octanol–water partition coefficient (Wildman–Crippen LogP) is -2.18. The molecular weight excluding hydrogens is 215 g/mol. The number of alkyl halides is 3. The van der Waals surface area contributed by atoms with E-state index in [1.54, 1.807) is 0 Å². The van der Waals surface area contributed by atoms with Crippen molar-refractivity contribution < 1.29 is 80.7 Å². The van der Waals surface area contributed by atoms with Crippen LogP contribution in [0, 0.1) is 0 Å². The van der Waals surface area contributed by atoms with Gasteiger partial charge < -0.3 is 16.1 Å². The van der Waals surface area contributed by atoms with Crippen LogP contribution in [-0.4, -0.2) is 29.6 Å². The summed E-state index contributed by atoms with van der Waals surface area (Å²) in [6, 6.07) is 0. The summed E-state index contributed by atoms with van der Waals surface area (Å²) >= 11 is 0. The van der Waals surface area contributed by atoms with Gasteiger partial charge in [0.1, 0.15) is 0 Å². The SMILES string of the molecule is CCCC(F)C(F)(F)OB(O)O.[H-].[K+]. The van der Waals surface area contributed by atoms with Crippen molar-refractivity contribution in [3.8, 4) is 0 Å². The van der Waals surface area contributed by atoms with Gasteiger partial charge in [-0.3, -0.25) is 0 Å². The van der Waals surface area contributed by atoms with Gasteiger partial charge in [0.05, 0.1) is 0 Å². The molecule has 0 aromatic rings. The summed E-state index contributed by atoms with van der Waals surface area (Å²) in [6.45, 7) is 1.53. The summed E-state index contributed by atoms with van der Waals surface area (Å²) in [5.41, 5.74) is 0. The first kappa shape index (κ1) is 16.8. The topological polar surface area (TPSA) is 49.7 Å². The van der Waals surface area contributed by atoms with Gasteiger partial charge in [-0.2, -0.15) is 8.78 Å². The van der Waals surface area contributed by atoms with Gasteiger partial charge in [-0.1, -0.05) is 13.3 Å². The molecule has 8 heteroatoms. The van der Waals surface area contributed by atoms with Crippen molar-refractivity contribution >= 4 is 7.32 Å². The molecule has 0 rings (SSSR count). The second-order valence-electron chi connectivity index (χ2n) is 2.26. The maximum atomic E-state index is 12.4. The standard InChI is InChI=1S/C5H10BF3O3.K.H/c1-2-3-4(7)5(8,9)12-6(10)11;;/h4,10-11H,2-3H2,1H3;;/q;+1;-1. The zero-order valence-electron chi connectivity index (χ0n) is 8.51. The third-order valence-electron chi connectivity index (χ3n) is 1.17. The summed E-state index contributed by atoms with van der Waals surface area (Å²) in [6.07, 6.45) is -6.81. The van der Waals surface area contributed by atoms with Crippen LogP contribution < -0.4 is 51.4 Å². The molecule has 0 aliphatic carbocycles. The molecule has 0 aromatic heterocycles. The fraction of sp³-hybridized carbons (Fsp3) is 1.00. The van der Waals surface area contributed by atoms with Crippen LogP contribution in [0.3, 0.4) is 0 Å². The van der Waals surface area contributed by atoms with Crippen LogP contribution in [0.4, 0.5) is 13.2 Å². The summed E-state index contributed by atoms with van der Waals surface area (Å²) in [4.78, 5) is 0. The molecule has 74 valence electrons. The molecule has 2 N–H and O–H groups in total. The maximum absolute atomic E-state index is 12.4. The third kappa shape index (κ3) is 7.32. The molecule has 1 unspecified atom stereocenters. The Morgan fingerprint density at radius 1 is 1.54 bits per heavy atom. The van der Waals surface area contributed by atoms with Crippen LogP contribution in [-0.2, 0) is 4.65 Å². The van der Waals surface area contributed by atoms with E-state index in [2.05, 4.69) is 4.65 Å². The minimum atomic E-state index is -4.13. The molecule has 0 aromatic carbocycles. The van der Waals surface area contributed by atoms with Crippen LogP contribution in [0.2, 0.25) is 0 Å². The number of hydrogen-bond acceptors (Lipinski definition) is 3. The van der Waals surface area contributed by atoms with Gasteiger partial charge in [0.15, 0.2) is 6.17 Å². The second kappa shape index (κ2) is 7.64. The van der Waals surface area contributed by atoms with E-state index in [1.165, 1.54) is 6.92 Å². The normalized spacial score (nSPS) is 13.4. The molecule has 1 atom stereocenters. The monoisotopic (exact) mass is 226 g/mol. The summed E-state index contributed by atoms with van der Waals surface area (Å²) in [5.74, 6) is 0. The molecular formula is C5H11BF3KO3. The van der Waals surface area contributed by atoms with Crippen molar-refractivity contribution in [1.82, 2.24) is 0 Å². The van der Waals surface area contributed by atoms with Gasteiger partial charge in [0.25, 0.3) is 0 Å². The van der Waals surface area contributed by atoms with Gasteiger partial charge in [0, 0.05) is 0 Å². The zero-order chi connectivity index (χ0) is 9.78. The Hall–Kier alpha value is 1.37. The average molecular weight is 226 g/mol. The average Bonchev–Trinajstić information content (AvgIpc) is 1.85. The predicted molar refractivity (Wildman–Crippen MR) is 37.1 cm³/mol. The molecule has 0 aliphatic heterocycles. The van der Waals surface area contributed by atoms with E-state index in [-0.39, 0.29) is 65.7 Å². The van der Waals surface area contributed by atoms with Crippen LogP contribution in [0.25, 0.3) is 0 Å². The van der Waals surface area contributed by atoms with Crippen molar-refractivity contribution in [2.45, 2.75) is 32.0 Å². The molecule has 0 aliphatic rings. The molecule has 0 spiro atoms. The van der Waals surface area contributed by atoms with E-state index in [4.69, 9.17) is 10.0 Å². The minimum Gasteiger partial charge on any atom is -1.00 e. The van der Waals surface area contributed by atoms with E-state index in [1.807, 2.05) is 0 Å². The molecule has 0 amide bonds. The van der Waals surface area contributed by atoms with Gasteiger partial charge in [0.2, 0.25) is 0 Å². The van der Waals surface area contributed by atoms with Gasteiger partial charge in [-0.15, -0.1) is 0 Å². The molecule has 13 heavy (non-hydrogen) atoms. The Morgan fingerprint density at radius 3 is 2.31 bits per heavy atom. The fourth-order valence-electron chi connectivity index (χ4n) is 0.636. The van der Waals surface area contributed by atoms with Gasteiger partial charge in [-0.25, -0.2) is 4.39 Å². The molecule has 0 heterocycles. The molecule has 0 saturated heterocycles. The minimum absolute atomic E-state index is 0. The van der Waals surface area contributed by atoms with Crippen LogP contribution in [0.15, 0.2) is 0 Å². The first-order chi connectivity index (χ1) is 5.40. The summed E-state index contributed by atoms with van der Waals surface area (Å²) in [5, 5.41) is 16.0. The van der Waals surface area contributed by atoms with Crippen LogP contribution in [0.5, 0.6) is 0 Å². The third-order valence-corrected chi connectivity index (χ3v) is 1.17. The van der Waals surface area contributed by atoms with E-state index in [9.17, 15) is 13.2 Å². The van der Waals surface area contributed by atoms with Crippen LogP contribution >= 0.6 is 0 Å². The van der Waals surface area contributed by atoms with E-state index in [0.29, 0.717) is 0 Å². The molecule has 3 nitrogen and oxygen atoms in total. The Morgan fingerprint density at radius 2 is 2.00 bits per heavy atom. The van der Waals surface area contributed by atoms with Crippen molar-refractivity contribution in [2.24, 2.45) is 0 Å². The van der Waals surface area contributed by atoms with Crippen LogP contribution in [0.1, 0.15) is 21.2 Å². The zero-order valence-corrected chi connectivity index (χ0v) is 10.6. The molecule has 0 saturated carbocycles. The fourth-order valence-corrected chi connectivity index (χ4v) is 0.636. The molecule has 0 radical (unpaired) electrons. The Balaban J connectivity index is -0.000000605. The number of halogens is 3. The summed E-state index contributed by atoms with van der Waals surface area (Å²) in [7, 11) is -2.66. The largest absolute Gasteiger partial charge is 1.00 e. The smallest absolute Gasteiger partial charge is 1.00 e. The van der Waals surface area contributed by atoms with Gasteiger partial charge in [-0.05, 0) is 6.42 Å². The number of rotatable bonds is 5. The van der Waals surface area contributed by atoms with Gasteiger partial charge >= 0.3 is 64.8 Å². The summed E-state index contributed by atoms with van der Waals surface area (Å²) < 4.78 is 40.4. The Kier molecular flexibility index (Phi) is 9.86. The second-order valence-corrected chi connectivity index (χ2v) is 2.26. The van der Waals surface area contributed by atoms with Crippen molar-refractivity contribution in [3.05, 3.63) is 0 Å². The first-order valence-electron chi connectivity index (χ1n) is 3.46. The first-order valence-corrected chi connectivity index (χ1v) is 3.46. The number of hydrogen-bond donors (Lipinski definition) is 2. The van der Waals surface area contributed by atoms with Crippen molar-refractivity contribution in [3.63, 3.8) is 0 Å². The van der Waals surface area contributed by atoms with Crippen molar-refractivity contribution in [1.29, 1.82) is 0 Å². The van der Waals surface area contributed by atoms with E-state index >= 15 is 0 Å². The van der Waals surface area contributed by atoms with E-state index < -0.39 is 19.6 Å².